The molecule has 5 rings (SSSR count). The Labute approximate surface area is 169 Å². The second-order valence-electron chi connectivity index (χ2n) is 7.82. The Balaban J connectivity index is 1.80. The number of aromatic nitrogens is 2. The third-order valence-corrected chi connectivity index (χ3v) is 7.10. The van der Waals surface area contributed by atoms with Crippen LogP contribution in [0.25, 0.3) is 21.6 Å². The molecule has 2 N–H and O–H groups in total. The molecule has 0 saturated heterocycles. The summed E-state index contributed by atoms with van der Waals surface area (Å²) in [5.41, 5.74) is 0.529. The van der Waals surface area contributed by atoms with Crippen molar-refractivity contribution in [3.05, 3.63) is 49.9 Å². The van der Waals surface area contributed by atoms with Crippen LogP contribution in [0.3, 0.4) is 0 Å². The molecular weight excluding hydrogens is 395 g/mol. The number of halogens is 1. The van der Waals surface area contributed by atoms with E-state index in [1.165, 1.54) is 24.5 Å². The maximum atomic E-state index is 15.3. The maximum absolute atomic E-state index is 15.3. The second-order valence-corrected chi connectivity index (χ2v) is 8.91. The summed E-state index contributed by atoms with van der Waals surface area (Å²) < 4.78 is 17.0. The highest BCUT2D eigenvalue weighted by Crippen LogP contribution is 2.42. The van der Waals surface area contributed by atoms with Crippen molar-refractivity contribution in [2.24, 2.45) is 0 Å². The summed E-state index contributed by atoms with van der Waals surface area (Å²) in [5.74, 6) is -1.94. The standard InChI is InChI=1S/C21H19FN2O4S/c1-9-15-18(26)12(21(27)28)8-24(11-5-6-11)20(15)23-17(16(9)22)14-7-10-3-2-4-13(25)19(10)29-14/h7-8,11,13,25H,2-6H2,1H3,(H,27,28). The number of rotatable bonds is 3. The summed E-state index contributed by atoms with van der Waals surface area (Å²) in [6, 6.07) is 1.95. The van der Waals surface area contributed by atoms with Crippen molar-refractivity contribution < 1.29 is 19.4 Å². The first-order valence-corrected chi connectivity index (χ1v) is 10.5. The third kappa shape index (κ3) is 2.81. The van der Waals surface area contributed by atoms with Gasteiger partial charge in [-0.05, 0) is 50.7 Å². The van der Waals surface area contributed by atoms with Gasteiger partial charge in [0.05, 0.1) is 16.4 Å². The lowest BCUT2D eigenvalue weighted by molar-refractivity contribution is 0.0695. The number of aliphatic hydroxyl groups excluding tert-OH is 1. The molecule has 0 aliphatic heterocycles. The van der Waals surface area contributed by atoms with Crippen LogP contribution in [-0.4, -0.2) is 25.7 Å². The highest BCUT2D eigenvalue weighted by molar-refractivity contribution is 7.15. The van der Waals surface area contributed by atoms with Crippen LogP contribution in [0.5, 0.6) is 0 Å². The Hall–Kier alpha value is -2.58. The minimum absolute atomic E-state index is 0.0272. The van der Waals surface area contributed by atoms with Gasteiger partial charge in [-0.15, -0.1) is 11.3 Å². The van der Waals surface area contributed by atoms with Crippen LogP contribution in [0.1, 0.15) is 64.2 Å². The lowest BCUT2D eigenvalue weighted by Crippen LogP contribution is -2.21. The van der Waals surface area contributed by atoms with Gasteiger partial charge in [-0.25, -0.2) is 14.2 Å². The molecule has 1 fully saturated rings. The van der Waals surface area contributed by atoms with E-state index in [-0.39, 0.29) is 28.2 Å². The number of nitrogens with zero attached hydrogens (tertiary/aromatic N) is 2. The number of aliphatic hydroxyl groups is 1. The quantitative estimate of drug-likeness (QED) is 0.676. The van der Waals surface area contributed by atoms with E-state index in [9.17, 15) is 19.8 Å². The van der Waals surface area contributed by atoms with Gasteiger partial charge in [-0.1, -0.05) is 0 Å². The molecule has 0 bridgehead atoms. The summed E-state index contributed by atoms with van der Waals surface area (Å²) in [6.45, 7) is 1.50. The average molecular weight is 414 g/mol. The number of pyridine rings is 2. The molecule has 150 valence electrons. The second kappa shape index (κ2) is 6.47. The average Bonchev–Trinajstić information content (AvgIpc) is 3.42. The van der Waals surface area contributed by atoms with Crippen LogP contribution in [0.2, 0.25) is 0 Å². The van der Waals surface area contributed by atoms with E-state index in [0.29, 0.717) is 16.9 Å². The van der Waals surface area contributed by atoms with Crippen molar-refractivity contribution in [3.63, 3.8) is 0 Å². The van der Waals surface area contributed by atoms with Gasteiger partial charge in [0.2, 0.25) is 5.43 Å². The molecule has 29 heavy (non-hydrogen) atoms. The first-order valence-electron chi connectivity index (χ1n) is 9.66. The zero-order valence-corrected chi connectivity index (χ0v) is 16.6. The fourth-order valence-corrected chi connectivity index (χ4v) is 5.33. The van der Waals surface area contributed by atoms with Crippen molar-refractivity contribution in [2.45, 2.75) is 51.2 Å². The van der Waals surface area contributed by atoms with Crippen LogP contribution < -0.4 is 5.43 Å². The zero-order valence-electron chi connectivity index (χ0n) is 15.7. The molecule has 1 saturated carbocycles. The number of carboxylic acids is 1. The summed E-state index contributed by atoms with van der Waals surface area (Å²) in [5, 5.41) is 19.7. The number of thiophene rings is 1. The number of aryl methyl sites for hydroxylation is 2. The van der Waals surface area contributed by atoms with Gasteiger partial charge in [0.1, 0.15) is 16.9 Å². The summed E-state index contributed by atoms with van der Waals surface area (Å²) >= 11 is 1.34. The molecule has 8 heteroatoms. The fourth-order valence-electron chi connectivity index (χ4n) is 4.12. The van der Waals surface area contributed by atoms with E-state index >= 15 is 4.39 Å². The molecule has 1 atom stereocenters. The van der Waals surface area contributed by atoms with Crippen molar-refractivity contribution in [1.82, 2.24) is 9.55 Å². The zero-order chi connectivity index (χ0) is 20.4. The number of carbonyl (C=O) groups is 1. The first-order chi connectivity index (χ1) is 13.9. The number of carboxylic acid groups (broad SMARTS) is 1. The molecule has 0 spiro atoms. The van der Waals surface area contributed by atoms with Gasteiger partial charge in [-0.3, -0.25) is 4.79 Å². The Bertz CT molecular complexity index is 1240. The molecule has 0 radical (unpaired) electrons. The molecule has 2 aliphatic carbocycles. The largest absolute Gasteiger partial charge is 0.477 e. The summed E-state index contributed by atoms with van der Waals surface area (Å²) in [6.07, 6.45) is 4.95. The predicted molar refractivity (Wildman–Crippen MR) is 107 cm³/mol. The molecule has 1 unspecified atom stereocenters. The molecule has 0 amide bonds. The van der Waals surface area contributed by atoms with Crippen molar-refractivity contribution >= 4 is 28.3 Å². The predicted octanol–water partition coefficient (Wildman–Crippen LogP) is 3.98. The van der Waals surface area contributed by atoms with Gasteiger partial charge < -0.3 is 14.8 Å². The van der Waals surface area contributed by atoms with Gasteiger partial charge in [0.15, 0.2) is 5.82 Å². The van der Waals surface area contributed by atoms with Crippen LogP contribution in [-0.2, 0) is 6.42 Å². The molecule has 3 heterocycles. The minimum Gasteiger partial charge on any atom is -0.477 e. The van der Waals surface area contributed by atoms with E-state index in [0.717, 1.165) is 36.1 Å². The number of fused-ring (bicyclic) bond motifs is 2. The summed E-state index contributed by atoms with van der Waals surface area (Å²) in [7, 11) is 0. The van der Waals surface area contributed by atoms with Crippen LogP contribution in [0.15, 0.2) is 17.1 Å². The van der Waals surface area contributed by atoms with Gasteiger partial charge in [-0.2, -0.15) is 0 Å². The lowest BCUT2D eigenvalue weighted by Gasteiger charge is -2.16. The fraction of sp³-hybridized carbons (Fsp3) is 0.381. The molecular formula is C21H19FN2O4S. The third-order valence-electron chi connectivity index (χ3n) is 5.81. The number of hydrogen-bond acceptors (Lipinski definition) is 5. The monoisotopic (exact) mass is 414 g/mol. The number of aromatic carboxylic acids is 1. The molecule has 2 aliphatic rings. The summed E-state index contributed by atoms with van der Waals surface area (Å²) in [4.78, 5) is 30.3. The van der Waals surface area contributed by atoms with E-state index in [1.54, 1.807) is 4.57 Å². The molecule has 6 nitrogen and oxygen atoms in total. The Morgan fingerprint density at radius 1 is 1.34 bits per heavy atom. The number of hydrogen-bond donors (Lipinski definition) is 2. The van der Waals surface area contributed by atoms with Crippen molar-refractivity contribution in [2.75, 3.05) is 0 Å². The van der Waals surface area contributed by atoms with Crippen LogP contribution >= 0.6 is 11.3 Å². The normalized spacial score (nSPS) is 18.8. The molecule has 3 aromatic heterocycles. The Morgan fingerprint density at radius 3 is 2.76 bits per heavy atom. The Morgan fingerprint density at radius 2 is 2.10 bits per heavy atom. The van der Waals surface area contributed by atoms with Crippen molar-refractivity contribution in [3.8, 4) is 10.6 Å². The molecule has 3 aromatic rings. The van der Waals surface area contributed by atoms with Crippen LogP contribution in [0, 0.1) is 12.7 Å². The van der Waals surface area contributed by atoms with E-state index < -0.39 is 23.3 Å². The van der Waals surface area contributed by atoms with Crippen molar-refractivity contribution in [1.29, 1.82) is 0 Å². The van der Waals surface area contributed by atoms with E-state index in [4.69, 9.17) is 0 Å². The lowest BCUT2D eigenvalue weighted by atomic mass is 9.96. The maximum Gasteiger partial charge on any atom is 0.341 e. The molecule has 0 aromatic carbocycles. The van der Waals surface area contributed by atoms with Gasteiger partial charge >= 0.3 is 5.97 Å². The highest BCUT2D eigenvalue weighted by Gasteiger charge is 2.30. The first kappa shape index (κ1) is 18.4. The highest BCUT2D eigenvalue weighted by atomic mass is 32.1. The topological polar surface area (TPSA) is 92.4 Å². The van der Waals surface area contributed by atoms with Gasteiger partial charge in [0.25, 0.3) is 0 Å². The minimum atomic E-state index is -1.32. The SMILES string of the molecule is Cc1c(F)c(-c2cc3c(s2)C(O)CCC3)nc2c1c(=O)c(C(=O)O)cn2C1CC1. The van der Waals surface area contributed by atoms with Gasteiger partial charge in [0, 0.05) is 22.7 Å². The Kier molecular flexibility index (Phi) is 4.11. The van der Waals surface area contributed by atoms with E-state index in [1.807, 2.05) is 6.07 Å². The van der Waals surface area contributed by atoms with Crippen LogP contribution in [0.4, 0.5) is 4.39 Å². The smallest absolute Gasteiger partial charge is 0.341 e. The van der Waals surface area contributed by atoms with E-state index in [2.05, 4.69) is 4.98 Å².